The molecule has 0 spiro atoms. The van der Waals surface area contributed by atoms with Crippen molar-refractivity contribution >= 4 is 29.3 Å². The molecule has 0 aromatic heterocycles. The summed E-state index contributed by atoms with van der Waals surface area (Å²) in [6.45, 7) is 5.38. The highest BCUT2D eigenvalue weighted by molar-refractivity contribution is 7.99. The number of thioether (sulfide) groups is 1. The van der Waals surface area contributed by atoms with E-state index in [1.54, 1.807) is 4.90 Å². The van der Waals surface area contributed by atoms with Crippen molar-refractivity contribution < 1.29 is 9.59 Å². The number of anilines is 1. The van der Waals surface area contributed by atoms with Crippen LogP contribution in [-0.4, -0.2) is 58.8 Å². The van der Waals surface area contributed by atoms with Gasteiger partial charge in [0.15, 0.2) is 0 Å². The van der Waals surface area contributed by atoms with E-state index >= 15 is 0 Å². The van der Waals surface area contributed by atoms with Gasteiger partial charge in [-0.2, -0.15) is 11.8 Å². The molecule has 1 atom stereocenters. The maximum absolute atomic E-state index is 12.5. The topological polar surface area (TPSA) is 52.7 Å². The molecule has 130 valence electrons. The zero-order valence-corrected chi connectivity index (χ0v) is 15.0. The standard InChI is InChI=1S/C18H25N3O2S/c1-14(22)21-7-3-6-17(21)18(23)19-16-5-2-4-15(12-16)13-20-8-10-24-11-9-20/h2,4-5,12,17H,3,6-11,13H2,1H3,(H,19,23). The van der Waals surface area contributed by atoms with Gasteiger partial charge in [0.05, 0.1) is 0 Å². The molecule has 6 heteroatoms. The molecule has 2 amide bonds. The zero-order valence-electron chi connectivity index (χ0n) is 14.2. The van der Waals surface area contributed by atoms with E-state index in [-0.39, 0.29) is 17.9 Å². The first-order valence-electron chi connectivity index (χ1n) is 8.60. The summed E-state index contributed by atoms with van der Waals surface area (Å²) >= 11 is 2.01. The van der Waals surface area contributed by atoms with Crippen molar-refractivity contribution in [3.8, 4) is 0 Å². The van der Waals surface area contributed by atoms with Crippen molar-refractivity contribution in [1.82, 2.24) is 9.80 Å². The van der Waals surface area contributed by atoms with Crippen molar-refractivity contribution in [3.05, 3.63) is 29.8 Å². The van der Waals surface area contributed by atoms with Gasteiger partial charge in [-0.3, -0.25) is 14.5 Å². The van der Waals surface area contributed by atoms with E-state index in [0.29, 0.717) is 6.54 Å². The fourth-order valence-corrected chi connectivity index (χ4v) is 4.39. The van der Waals surface area contributed by atoms with E-state index in [2.05, 4.69) is 16.3 Å². The van der Waals surface area contributed by atoms with Crippen LogP contribution in [0.25, 0.3) is 0 Å². The van der Waals surface area contributed by atoms with Gasteiger partial charge in [-0.1, -0.05) is 12.1 Å². The van der Waals surface area contributed by atoms with E-state index in [4.69, 9.17) is 0 Å². The minimum absolute atomic E-state index is 0.0237. The molecule has 1 unspecified atom stereocenters. The molecule has 24 heavy (non-hydrogen) atoms. The molecule has 2 saturated heterocycles. The molecule has 5 nitrogen and oxygen atoms in total. The molecule has 1 N–H and O–H groups in total. The van der Waals surface area contributed by atoms with Crippen LogP contribution in [-0.2, 0) is 16.1 Å². The largest absolute Gasteiger partial charge is 0.331 e. The third-order valence-electron chi connectivity index (χ3n) is 4.66. The number of nitrogens with one attached hydrogen (secondary N) is 1. The van der Waals surface area contributed by atoms with Crippen LogP contribution in [0.5, 0.6) is 0 Å². The van der Waals surface area contributed by atoms with Gasteiger partial charge in [0.1, 0.15) is 6.04 Å². The third kappa shape index (κ3) is 4.30. The average molecular weight is 347 g/mol. The Hall–Kier alpha value is -1.53. The fourth-order valence-electron chi connectivity index (χ4n) is 3.41. The molecule has 2 heterocycles. The number of hydrogen-bond acceptors (Lipinski definition) is 4. The molecule has 0 aliphatic carbocycles. The van der Waals surface area contributed by atoms with Gasteiger partial charge in [0.2, 0.25) is 11.8 Å². The Morgan fingerprint density at radius 2 is 2.04 bits per heavy atom. The Morgan fingerprint density at radius 1 is 1.25 bits per heavy atom. The van der Waals surface area contributed by atoms with Gasteiger partial charge >= 0.3 is 0 Å². The van der Waals surface area contributed by atoms with Crippen molar-refractivity contribution in [2.45, 2.75) is 32.4 Å². The van der Waals surface area contributed by atoms with Crippen LogP contribution in [0, 0.1) is 0 Å². The highest BCUT2D eigenvalue weighted by atomic mass is 32.2. The predicted octanol–water partition coefficient (Wildman–Crippen LogP) is 2.18. The second kappa shape index (κ2) is 8.03. The molecule has 0 saturated carbocycles. The summed E-state index contributed by atoms with van der Waals surface area (Å²) < 4.78 is 0. The Labute approximate surface area is 147 Å². The van der Waals surface area contributed by atoms with Gasteiger partial charge in [-0.15, -0.1) is 0 Å². The summed E-state index contributed by atoms with van der Waals surface area (Å²) in [5, 5.41) is 2.99. The van der Waals surface area contributed by atoms with Crippen molar-refractivity contribution in [1.29, 1.82) is 0 Å². The summed E-state index contributed by atoms with van der Waals surface area (Å²) in [7, 11) is 0. The molecular weight excluding hydrogens is 322 g/mol. The lowest BCUT2D eigenvalue weighted by Gasteiger charge is -2.26. The zero-order chi connectivity index (χ0) is 16.9. The molecule has 0 bridgehead atoms. The number of nitrogens with zero attached hydrogens (tertiary/aromatic N) is 2. The minimum Gasteiger partial charge on any atom is -0.331 e. The van der Waals surface area contributed by atoms with Crippen molar-refractivity contribution in [2.24, 2.45) is 0 Å². The SMILES string of the molecule is CC(=O)N1CCCC1C(=O)Nc1cccc(CN2CCSCC2)c1. The number of benzene rings is 1. The number of hydrogen-bond donors (Lipinski definition) is 1. The highest BCUT2D eigenvalue weighted by Gasteiger charge is 2.32. The number of likely N-dealkylation sites (tertiary alicyclic amines) is 1. The van der Waals surface area contributed by atoms with Crippen LogP contribution in [0.1, 0.15) is 25.3 Å². The fraction of sp³-hybridized carbons (Fsp3) is 0.556. The highest BCUT2D eigenvalue weighted by Crippen LogP contribution is 2.20. The van der Waals surface area contributed by atoms with Gasteiger partial charge in [0, 0.05) is 50.3 Å². The number of amides is 2. The van der Waals surface area contributed by atoms with Crippen molar-refractivity contribution in [2.75, 3.05) is 36.5 Å². The van der Waals surface area contributed by atoms with Crippen LogP contribution in [0.4, 0.5) is 5.69 Å². The molecule has 2 aliphatic heterocycles. The van der Waals surface area contributed by atoms with E-state index in [9.17, 15) is 9.59 Å². The van der Waals surface area contributed by atoms with Crippen LogP contribution >= 0.6 is 11.8 Å². The first-order chi connectivity index (χ1) is 11.6. The molecule has 1 aromatic rings. The maximum atomic E-state index is 12.5. The minimum atomic E-state index is -0.328. The number of rotatable bonds is 4. The molecular formula is C18H25N3O2S. The van der Waals surface area contributed by atoms with Crippen LogP contribution < -0.4 is 5.32 Å². The molecule has 0 radical (unpaired) electrons. The maximum Gasteiger partial charge on any atom is 0.247 e. The Bertz CT molecular complexity index is 602. The van der Waals surface area contributed by atoms with Crippen LogP contribution in [0.15, 0.2) is 24.3 Å². The smallest absolute Gasteiger partial charge is 0.247 e. The Balaban J connectivity index is 1.61. The van der Waals surface area contributed by atoms with E-state index in [1.807, 2.05) is 30.0 Å². The second-order valence-corrected chi connectivity index (χ2v) is 7.67. The summed E-state index contributed by atoms with van der Waals surface area (Å²) in [4.78, 5) is 28.3. The molecule has 2 fully saturated rings. The lowest BCUT2D eigenvalue weighted by Crippen LogP contribution is -2.42. The van der Waals surface area contributed by atoms with Gasteiger partial charge in [0.25, 0.3) is 0 Å². The second-order valence-electron chi connectivity index (χ2n) is 6.45. The lowest BCUT2D eigenvalue weighted by molar-refractivity contribution is -0.134. The molecule has 1 aromatic carbocycles. The predicted molar refractivity (Wildman–Crippen MR) is 98.1 cm³/mol. The van der Waals surface area contributed by atoms with Crippen LogP contribution in [0.3, 0.4) is 0 Å². The number of carbonyl (C=O) groups excluding carboxylic acids is 2. The number of carbonyl (C=O) groups is 2. The van der Waals surface area contributed by atoms with Gasteiger partial charge in [-0.05, 0) is 30.5 Å². The van der Waals surface area contributed by atoms with E-state index in [0.717, 1.165) is 38.2 Å². The van der Waals surface area contributed by atoms with Crippen molar-refractivity contribution in [3.63, 3.8) is 0 Å². The Kier molecular flexibility index (Phi) is 5.79. The monoisotopic (exact) mass is 347 g/mol. The summed E-state index contributed by atoms with van der Waals surface area (Å²) in [5.74, 6) is 2.29. The Morgan fingerprint density at radius 3 is 2.79 bits per heavy atom. The third-order valence-corrected chi connectivity index (χ3v) is 5.61. The first-order valence-corrected chi connectivity index (χ1v) is 9.76. The first kappa shape index (κ1) is 17.3. The van der Waals surface area contributed by atoms with Gasteiger partial charge < -0.3 is 10.2 Å². The average Bonchev–Trinajstić information content (AvgIpc) is 3.06. The van der Waals surface area contributed by atoms with Gasteiger partial charge in [-0.25, -0.2) is 0 Å². The summed E-state index contributed by atoms with van der Waals surface area (Å²) in [5.41, 5.74) is 2.04. The summed E-state index contributed by atoms with van der Waals surface area (Å²) in [6, 6.07) is 7.73. The van der Waals surface area contributed by atoms with Crippen LogP contribution in [0.2, 0.25) is 0 Å². The summed E-state index contributed by atoms with van der Waals surface area (Å²) in [6.07, 6.45) is 1.64. The van der Waals surface area contributed by atoms with E-state index < -0.39 is 0 Å². The van der Waals surface area contributed by atoms with E-state index in [1.165, 1.54) is 24.0 Å². The quantitative estimate of drug-likeness (QED) is 0.907. The lowest BCUT2D eigenvalue weighted by atomic mass is 10.1. The molecule has 3 rings (SSSR count). The normalized spacial score (nSPS) is 21.7. The molecule has 2 aliphatic rings.